The summed E-state index contributed by atoms with van der Waals surface area (Å²) in [4.78, 5) is 18.2. The van der Waals surface area contributed by atoms with Crippen LogP contribution in [0.2, 0.25) is 0 Å². The van der Waals surface area contributed by atoms with E-state index in [1.54, 1.807) is 0 Å². The molecule has 5 rings (SSSR count). The molecule has 0 unspecified atom stereocenters. The largest absolute Gasteiger partial charge is 0.465 e. The fourth-order valence-electron chi connectivity index (χ4n) is 4.90. The number of para-hydroxylation sites is 1. The molecular formula is C23H24N2O2. The SMILES string of the molecule is COC(=O)c1ccc2c(c1)CCCN2[C@@H]1CCCc2c1[nH]c1ccccc21. The van der Waals surface area contributed by atoms with Crippen molar-refractivity contribution in [2.75, 3.05) is 18.6 Å². The number of carbonyl (C=O) groups is 1. The third-order valence-corrected chi connectivity index (χ3v) is 6.12. The second-order valence-corrected chi connectivity index (χ2v) is 7.60. The molecule has 0 spiro atoms. The molecule has 1 aromatic heterocycles. The summed E-state index contributed by atoms with van der Waals surface area (Å²) < 4.78 is 4.89. The summed E-state index contributed by atoms with van der Waals surface area (Å²) in [5.41, 5.74) is 7.28. The van der Waals surface area contributed by atoms with Gasteiger partial charge in [0, 0.05) is 28.8 Å². The Balaban J connectivity index is 1.57. The Hall–Kier alpha value is -2.75. The van der Waals surface area contributed by atoms with Crippen LogP contribution in [0.25, 0.3) is 10.9 Å². The van der Waals surface area contributed by atoms with E-state index >= 15 is 0 Å². The van der Waals surface area contributed by atoms with Crippen LogP contribution >= 0.6 is 0 Å². The van der Waals surface area contributed by atoms with E-state index in [1.807, 2.05) is 12.1 Å². The van der Waals surface area contributed by atoms with Gasteiger partial charge in [0.2, 0.25) is 0 Å². The molecule has 0 amide bonds. The minimum atomic E-state index is -0.259. The van der Waals surface area contributed by atoms with Crippen LogP contribution in [0.1, 0.15) is 52.5 Å². The third kappa shape index (κ3) is 2.62. The quantitative estimate of drug-likeness (QED) is 0.669. The molecule has 1 atom stereocenters. The molecule has 2 heterocycles. The first kappa shape index (κ1) is 16.4. The fourth-order valence-corrected chi connectivity index (χ4v) is 4.90. The zero-order valence-corrected chi connectivity index (χ0v) is 15.6. The molecule has 0 saturated heterocycles. The summed E-state index contributed by atoms with van der Waals surface area (Å²) in [7, 11) is 1.44. The van der Waals surface area contributed by atoms with Gasteiger partial charge < -0.3 is 14.6 Å². The van der Waals surface area contributed by atoms with Gasteiger partial charge in [-0.2, -0.15) is 0 Å². The Morgan fingerprint density at radius 2 is 2.04 bits per heavy atom. The van der Waals surface area contributed by atoms with Crippen LogP contribution in [0, 0.1) is 0 Å². The molecular weight excluding hydrogens is 336 g/mol. The van der Waals surface area contributed by atoms with Crippen molar-refractivity contribution in [3.8, 4) is 0 Å². The maximum Gasteiger partial charge on any atom is 0.337 e. The van der Waals surface area contributed by atoms with E-state index in [0.717, 1.165) is 32.2 Å². The minimum absolute atomic E-state index is 0.259. The first-order valence-electron chi connectivity index (χ1n) is 9.83. The smallest absolute Gasteiger partial charge is 0.337 e. The van der Waals surface area contributed by atoms with Crippen LogP contribution in [-0.2, 0) is 17.6 Å². The standard InChI is InChI=1S/C23H24N2O2/c1-27-23(26)16-11-12-20-15(14-16)6-5-13-25(20)21-10-4-8-18-17-7-2-3-9-19(17)24-22(18)21/h2-3,7,9,11-12,14,21,24H,4-6,8,10,13H2,1H3/t21-/m1/s1. The fraction of sp³-hybridized carbons (Fsp3) is 0.348. The maximum absolute atomic E-state index is 11.9. The molecule has 0 fully saturated rings. The summed E-state index contributed by atoms with van der Waals surface area (Å²) in [6.45, 7) is 1.06. The lowest BCUT2D eigenvalue weighted by Crippen LogP contribution is -2.35. The van der Waals surface area contributed by atoms with Crippen LogP contribution in [0.5, 0.6) is 0 Å². The summed E-state index contributed by atoms with van der Waals surface area (Å²) in [5.74, 6) is -0.259. The number of nitrogens with one attached hydrogen (secondary N) is 1. The third-order valence-electron chi connectivity index (χ3n) is 6.12. The topological polar surface area (TPSA) is 45.3 Å². The Kier molecular flexibility index (Phi) is 3.92. The summed E-state index contributed by atoms with van der Waals surface area (Å²) in [5, 5.41) is 1.37. The number of ether oxygens (including phenoxy) is 1. The van der Waals surface area contributed by atoms with Crippen molar-refractivity contribution >= 4 is 22.6 Å². The summed E-state index contributed by atoms with van der Waals surface area (Å²) in [6.07, 6.45) is 5.66. The first-order chi connectivity index (χ1) is 13.3. The number of aryl methyl sites for hydroxylation is 2. The van der Waals surface area contributed by atoms with E-state index in [1.165, 1.54) is 46.9 Å². The molecule has 27 heavy (non-hydrogen) atoms. The normalized spacial score (nSPS) is 18.9. The number of rotatable bonds is 2. The van der Waals surface area contributed by atoms with Gasteiger partial charge in [0.25, 0.3) is 0 Å². The molecule has 1 aliphatic heterocycles. The number of benzene rings is 2. The molecule has 0 radical (unpaired) electrons. The van der Waals surface area contributed by atoms with Gasteiger partial charge in [0.1, 0.15) is 0 Å². The van der Waals surface area contributed by atoms with E-state index < -0.39 is 0 Å². The van der Waals surface area contributed by atoms with Gasteiger partial charge in [0.05, 0.1) is 18.7 Å². The average molecular weight is 360 g/mol. The van der Waals surface area contributed by atoms with Gasteiger partial charge in [-0.05, 0) is 67.5 Å². The van der Waals surface area contributed by atoms with Gasteiger partial charge >= 0.3 is 5.97 Å². The van der Waals surface area contributed by atoms with Crippen molar-refractivity contribution in [2.24, 2.45) is 0 Å². The summed E-state index contributed by atoms with van der Waals surface area (Å²) >= 11 is 0. The number of aromatic amines is 1. The lowest BCUT2D eigenvalue weighted by atomic mass is 9.88. The number of fused-ring (bicyclic) bond motifs is 4. The van der Waals surface area contributed by atoms with E-state index in [0.29, 0.717) is 11.6 Å². The van der Waals surface area contributed by atoms with Crippen molar-refractivity contribution in [2.45, 2.75) is 38.1 Å². The molecule has 4 heteroatoms. The zero-order chi connectivity index (χ0) is 18.4. The lowest BCUT2D eigenvalue weighted by molar-refractivity contribution is 0.0600. The van der Waals surface area contributed by atoms with Gasteiger partial charge in [-0.25, -0.2) is 4.79 Å². The number of hydrogen-bond donors (Lipinski definition) is 1. The van der Waals surface area contributed by atoms with E-state index in [-0.39, 0.29) is 5.97 Å². The molecule has 1 aliphatic carbocycles. The Labute approximate surface area is 159 Å². The van der Waals surface area contributed by atoms with Crippen molar-refractivity contribution < 1.29 is 9.53 Å². The minimum Gasteiger partial charge on any atom is -0.465 e. The lowest BCUT2D eigenvalue weighted by Gasteiger charge is -2.40. The molecule has 138 valence electrons. The number of H-pyrrole nitrogens is 1. The number of nitrogens with zero attached hydrogens (tertiary/aromatic N) is 1. The Bertz CT molecular complexity index is 1020. The highest BCUT2D eigenvalue weighted by molar-refractivity contribution is 5.90. The molecule has 1 N–H and O–H groups in total. The highest BCUT2D eigenvalue weighted by Crippen LogP contribution is 2.42. The van der Waals surface area contributed by atoms with Crippen molar-refractivity contribution in [1.82, 2.24) is 4.98 Å². The predicted octanol–water partition coefficient (Wildman–Crippen LogP) is 4.78. The molecule has 0 saturated carbocycles. The van der Waals surface area contributed by atoms with E-state index in [4.69, 9.17) is 4.74 Å². The monoisotopic (exact) mass is 360 g/mol. The second kappa shape index (κ2) is 6.45. The van der Waals surface area contributed by atoms with Crippen LogP contribution in [0.15, 0.2) is 42.5 Å². The van der Waals surface area contributed by atoms with Gasteiger partial charge in [-0.1, -0.05) is 18.2 Å². The van der Waals surface area contributed by atoms with Crippen molar-refractivity contribution in [1.29, 1.82) is 0 Å². The Morgan fingerprint density at radius 3 is 2.93 bits per heavy atom. The predicted molar refractivity (Wildman–Crippen MR) is 107 cm³/mol. The first-order valence-corrected chi connectivity index (χ1v) is 9.83. The molecule has 0 bridgehead atoms. The van der Waals surface area contributed by atoms with Gasteiger partial charge in [0.15, 0.2) is 0 Å². The Morgan fingerprint density at radius 1 is 1.15 bits per heavy atom. The van der Waals surface area contributed by atoms with E-state index in [2.05, 4.69) is 40.2 Å². The highest BCUT2D eigenvalue weighted by atomic mass is 16.5. The van der Waals surface area contributed by atoms with Crippen molar-refractivity contribution in [3.63, 3.8) is 0 Å². The van der Waals surface area contributed by atoms with E-state index in [9.17, 15) is 4.79 Å². The maximum atomic E-state index is 11.9. The number of carbonyl (C=O) groups excluding carboxylic acids is 1. The molecule has 4 nitrogen and oxygen atoms in total. The van der Waals surface area contributed by atoms with Crippen LogP contribution in [-0.4, -0.2) is 24.6 Å². The average Bonchev–Trinajstić information content (AvgIpc) is 3.11. The van der Waals surface area contributed by atoms with Gasteiger partial charge in [-0.15, -0.1) is 0 Å². The van der Waals surface area contributed by atoms with Gasteiger partial charge in [-0.3, -0.25) is 0 Å². The van der Waals surface area contributed by atoms with Crippen LogP contribution in [0.4, 0.5) is 5.69 Å². The number of methoxy groups -OCH3 is 1. The number of anilines is 1. The molecule has 2 aliphatic rings. The molecule has 2 aromatic carbocycles. The molecule has 3 aromatic rings. The number of hydrogen-bond acceptors (Lipinski definition) is 3. The second-order valence-electron chi connectivity index (χ2n) is 7.60. The van der Waals surface area contributed by atoms with Crippen LogP contribution < -0.4 is 4.90 Å². The number of aromatic nitrogens is 1. The number of esters is 1. The zero-order valence-electron chi connectivity index (χ0n) is 15.6. The van der Waals surface area contributed by atoms with Crippen molar-refractivity contribution in [3.05, 3.63) is 64.8 Å². The van der Waals surface area contributed by atoms with Crippen LogP contribution in [0.3, 0.4) is 0 Å². The summed E-state index contributed by atoms with van der Waals surface area (Å²) in [6, 6.07) is 15.0. The highest BCUT2D eigenvalue weighted by Gasteiger charge is 2.31.